The number of hydrogen-bond donors (Lipinski definition) is 2. The van der Waals surface area contributed by atoms with E-state index in [1.807, 2.05) is 25.1 Å². The molecule has 1 amide bonds. The third-order valence-electron chi connectivity index (χ3n) is 4.03. The van der Waals surface area contributed by atoms with Gasteiger partial charge in [0.1, 0.15) is 0 Å². The van der Waals surface area contributed by atoms with Crippen molar-refractivity contribution in [2.75, 3.05) is 40.3 Å². The fraction of sp³-hybridized carbons (Fsp3) is 0.562. The van der Waals surface area contributed by atoms with Gasteiger partial charge in [-0.3, -0.25) is 4.79 Å². The summed E-state index contributed by atoms with van der Waals surface area (Å²) in [6, 6.07) is 10.6. The summed E-state index contributed by atoms with van der Waals surface area (Å²) in [7, 11) is 3.83. The van der Waals surface area contributed by atoms with Crippen molar-refractivity contribution in [3.8, 4) is 0 Å². The topological polar surface area (TPSA) is 44.4 Å². The molecule has 1 fully saturated rings. The molecule has 1 aliphatic heterocycles. The molecule has 4 heteroatoms. The summed E-state index contributed by atoms with van der Waals surface area (Å²) in [6.45, 7) is 3.20. The smallest absolute Gasteiger partial charge is 0.234 e. The number of carbonyl (C=O) groups excluding carboxylic acids is 1. The predicted octanol–water partition coefficient (Wildman–Crippen LogP) is 0.986. The first kappa shape index (κ1) is 15.0. The second kappa shape index (κ2) is 6.86. The molecule has 0 unspecified atom stereocenters. The summed E-state index contributed by atoms with van der Waals surface area (Å²) in [4.78, 5) is 13.8. The van der Waals surface area contributed by atoms with Gasteiger partial charge >= 0.3 is 0 Å². The van der Waals surface area contributed by atoms with Crippen molar-refractivity contribution in [2.24, 2.45) is 0 Å². The van der Waals surface area contributed by atoms with Crippen LogP contribution in [0.3, 0.4) is 0 Å². The first-order valence-corrected chi connectivity index (χ1v) is 7.30. The van der Waals surface area contributed by atoms with Crippen molar-refractivity contribution in [1.82, 2.24) is 15.5 Å². The van der Waals surface area contributed by atoms with Crippen LogP contribution in [-0.4, -0.2) is 51.1 Å². The molecule has 2 N–H and O–H groups in total. The minimum atomic E-state index is 0.0779. The second-order valence-corrected chi connectivity index (χ2v) is 5.91. The zero-order valence-corrected chi connectivity index (χ0v) is 12.5. The first-order chi connectivity index (χ1) is 9.62. The lowest BCUT2D eigenvalue weighted by atomic mass is 9.73. The van der Waals surface area contributed by atoms with Gasteiger partial charge in [-0.1, -0.05) is 30.3 Å². The highest BCUT2D eigenvalue weighted by molar-refractivity contribution is 5.78. The van der Waals surface area contributed by atoms with Gasteiger partial charge < -0.3 is 15.5 Å². The van der Waals surface area contributed by atoms with E-state index in [2.05, 4.69) is 34.9 Å². The van der Waals surface area contributed by atoms with E-state index in [0.29, 0.717) is 6.54 Å². The molecule has 2 rings (SSSR count). The minimum Gasteiger partial charge on any atom is -0.354 e. The molecule has 0 spiro atoms. The van der Waals surface area contributed by atoms with Crippen molar-refractivity contribution < 1.29 is 4.79 Å². The normalized spacial score (nSPS) is 17.9. The fourth-order valence-electron chi connectivity index (χ4n) is 2.88. The van der Waals surface area contributed by atoms with Crippen molar-refractivity contribution in [3.05, 3.63) is 35.9 Å². The fourth-order valence-corrected chi connectivity index (χ4v) is 2.88. The largest absolute Gasteiger partial charge is 0.354 e. The van der Waals surface area contributed by atoms with Crippen molar-refractivity contribution in [1.29, 1.82) is 0 Å². The molecular formula is C16H25N3O. The van der Waals surface area contributed by atoms with E-state index in [1.165, 1.54) is 5.56 Å². The van der Waals surface area contributed by atoms with E-state index in [9.17, 15) is 4.79 Å². The highest BCUT2D eigenvalue weighted by atomic mass is 16.2. The van der Waals surface area contributed by atoms with E-state index in [0.717, 1.165) is 32.5 Å². The lowest BCUT2D eigenvalue weighted by Crippen LogP contribution is -2.48. The summed E-state index contributed by atoms with van der Waals surface area (Å²) < 4.78 is 0. The average molecular weight is 275 g/mol. The van der Waals surface area contributed by atoms with E-state index < -0.39 is 0 Å². The Morgan fingerprint density at radius 1 is 1.25 bits per heavy atom. The summed E-state index contributed by atoms with van der Waals surface area (Å²) >= 11 is 0. The maximum atomic E-state index is 11.9. The van der Waals surface area contributed by atoms with Gasteiger partial charge in [-0.05, 0) is 45.6 Å². The lowest BCUT2D eigenvalue weighted by Gasteiger charge is -2.38. The Morgan fingerprint density at radius 3 is 2.50 bits per heavy atom. The van der Waals surface area contributed by atoms with Gasteiger partial charge in [0.25, 0.3) is 0 Å². The number of nitrogens with zero attached hydrogens (tertiary/aromatic N) is 1. The third-order valence-corrected chi connectivity index (χ3v) is 4.03. The van der Waals surface area contributed by atoms with Crippen LogP contribution in [-0.2, 0) is 10.2 Å². The highest BCUT2D eigenvalue weighted by Crippen LogP contribution is 2.32. The monoisotopic (exact) mass is 275 g/mol. The van der Waals surface area contributed by atoms with Gasteiger partial charge in [0.15, 0.2) is 0 Å². The number of rotatable bonds is 5. The minimum absolute atomic E-state index is 0.0779. The molecule has 0 aromatic heterocycles. The summed E-state index contributed by atoms with van der Waals surface area (Å²) in [5.41, 5.74) is 1.42. The van der Waals surface area contributed by atoms with Gasteiger partial charge in [0.05, 0.1) is 6.54 Å². The van der Waals surface area contributed by atoms with Crippen LogP contribution in [0.15, 0.2) is 30.3 Å². The second-order valence-electron chi connectivity index (χ2n) is 5.91. The van der Waals surface area contributed by atoms with E-state index >= 15 is 0 Å². The summed E-state index contributed by atoms with van der Waals surface area (Å²) in [6.07, 6.45) is 2.14. The van der Waals surface area contributed by atoms with Crippen LogP contribution in [0, 0.1) is 0 Å². The SMILES string of the molecule is CN(C)CC(=O)NCC1(c2ccccc2)CCNCC1. The predicted molar refractivity (Wildman–Crippen MR) is 81.8 cm³/mol. The van der Waals surface area contributed by atoms with Crippen LogP contribution in [0.4, 0.5) is 0 Å². The Bertz CT molecular complexity index is 425. The van der Waals surface area contributed by atoms with Crippen LogP contribution in [0.5, 0.6) is 0 Å². The Hall–Kier alpha value is -1.39. The average Bonchev–Trinajstić information content (AvgIpc) is 2.46. The molecule has 0 bridgehead atoms. The maximum Gasteiger partial charge on any atom is 0.234 e. The third kappa shape index (κ3) is 3.81. The van der Waals surface area contributed by atoms with Crippen molar-refractivity contribution in [3.63, 3.8) is 0 Å². The lowest BCUT2D eigenvalue weighted by molar-refractivity contribution is -0.122. The van der Waals surface area contributed by atoms with Gasteiger partial charge in [-0.2, -0.15) is 0 Å². The molecule has 20 heavy (non-hydrogen) atoms. The molecule has 1 aliphatic rings. The Kier molecular flexibility index (Phi) is 5.15. The molecule has 1 aromatic carbocycles. The van der Waals surface area contributed by atoms with Gasteiger partial charge in [-0.15, -0.1) is 0 Å². The van der Waals surface area contributed by atoms with Crippen molar-refractivity contribution >= 4 is 5.91 Å². The zero-order valence-electron chi connectivity index (χ0n) is 12.5. The first-order valence-electron chi connectivity index (χ1n) is 7.30. The highest BCUT2D eigenvalue weighted by Gasteiger charge is 2.33. The van der Waals surface area contributed by atoms with Gasteiger partial charge in [-0.25, -0.2) is 0 Å². The molecule has 4 nitrogen and oxygen atoms in total. The molecule has 0 aliphatic carbocycles. The molecule has 1 aromatic rings. The number of hydrogen-bond acceptors (Lipinski definition) is 3. The van der Waals surface area contributed by atoms with E-state index in [-0.39, 0.29) is 11.3 Å². The van der Waals surface area contributed by atoms with Crippen LogP contribution < -0.4 is 10.6 Å². The molecule has 1 saturated heterocycles. The van der Waals surface area contributed by atoms with E-state index in [4.69, 9.17) is 0 Å². The molecule has 0 radical (unpaired) electrons. The molecular weight excluding hydrogens is 250 g/mol. The van der Waals surface area contributed by atoms with Crippen LogP contribution in [0.2, 0.25) is 0 Å². The number of carbonyl (C=O) groups is 1. The number of benzene rings is 1. The quantitative estimate of drug-likeness (QED) is 0.842. The van der Waals surface area contributed by atoms with Crippen LogP contribution in [0.1, 0.15) is 18.4 Å². The molecule has 1 heterocycles. The number of piperidine rings is 1. The Morgan fingerprint density at radius 2 is 1.90 bits per heavy atom. The van der Waals surface area contributed by atoms with Crippen molar-refractivity contribution in [2.45, 2.75) is 18.3 Å². The number of amides is 1. The molecule has 0 saturated carbocycles. The summed E-state index contributed by atoms with van der Waals surface area (Å²) in [5.74, 6) is 0.101. The Labute approximate surface area is 121 Å². The van der Waals surface area contributed by atoms with E-state index in [1.54, 1.807) is 0 Å². The van der Waals surface area contributed by atoms with Gasteiger partial charge in [0.2, 0.25) is 5.91 Å². The molecule has 110 valence electrons. The zero-order chi connectivity index (χ0) is 14.4. The van der Waals surface area contributed by atoms with Gasteiger partial charge in [0, 0.05) is 12.0 Å². The summed E-state index contributed by atoms with van der Waals surface area (Å²) in [5, 5.41) is 6.52. The van der Waals surface area contributed by atoms with Crippen LogP contribution >= 0.6 is 0 Å². The molecule has 0 atom stereocenters. The number of likely N-dealkylation sites (N-methyl/N-ethyl adjacent to an activating group) is 1. The van der Waals surface area contributed by atoms with Crippen LogP contribution in [0.25, 0.3) is 0 Å². The maximum absolute atomic E-state index is 11.9. The standard InChI is InChI=1S/C16H25N3O/c1-19(2)12-15(20)18-13-16(8-10-17-11-9-16)14-6-4-3-5-7-14/h3-7,17H,8-13H2,1-2H3,(H,18,20). The Balaban J connectivity index is 2.06. The number of nitrogens with one attached hydrogen (secondary N) is 2.